The Morgan fingerprint density at radius 2 is 1.93 bits per heavy atom. The van der Waals surface area contributed by atoms with E-state index in [1.807, 2.05) is 18.2 Å². The Hall–Kier alpha value is -2.05. The maximum atomic E-state index is 13.3. The minimum Gasteiger partial charge on any atom is -0.338 e. The highest BCUT2D eigenvalue weighted by Gasteiger charge is 2.33. The molecule has 2 heterocycles. The summed E-state index contributed by atoms with van der Waals surface area (Å²) in [6.45, 7) is 3.90. The molecular weight excluding hydrogens is 396 g/mol. The lowest BCUT2D eigenvalue weighted by atomic mass is 9.99. The van der Waals surface area contributed by atoms with E-state index in [1.54, 1.807) is 17.0 Å². The number of fused-ring (bicyclic) bond motifs is 1. The second-order valence-electron chi connectivity index (χ2n) is 7.60. The Balaban J connectivity index is 1.68. The van der Waals surface area contributed by atoms with Crippen molar-refractivity contribution in [3.8, 4) is 0 Å². The summed E-state index contributed by atoms with van der Waals surface area (Å²) in [5.41, 5.74) is 2.04. The number of sulfonamides is 1. The maximum absolute atomic E-state index is 13.3. The quantitative estimate of drug-likeness (QED) is 0.757. The zero-order valence-electron chi connectivity index (χ0n) is 15.8. The van der Waals surface area contributed by atoms with Crippen LogP contribution in [0.4, 0.5) is 5.69 Å². The van der Waals surface area contributed by atoms with Crippen molar-refractivity contribution < 1.29 is 13.2 Å². The molecule has 0 radical (unpaired) electrons. The molecule has 28 heavy (non-hydrogen) atoms. The standard InChI is InChI=1S/C21H23ClN2O3S/c1-15-5-4-11-23(14-15)21(25)17-8-9-18(22)20(13-17)28(26,27)24-12-10-16-6-2-3-7-19(16)24/h2-3,6-9,13,15H,4-5,10-12,14H2,1H3/t15-/m0/s1. The molecule has 1 fully saturated rings. The van der Waals surface area contributed by atoms with Gasteiger partial charge in [0.25, 0.3) is 15.9 Å². The van der Waals surface area contributed by atoms with E-state index in [9.17, 15) is 13.2 Å². The molecule has 5 nitrogen and oxygen atoms in total. The van der Waals surface area contributed by atoms with Gasteiger partial charge in [0, 0.05) is 25.2 Å². The summed E-state index contributed by atoms with van der Waals surface area (Å²) in [5, 5.41) is 0.132. The number of hydrogen-bond acceptors (Lipinski definition) is 3. The third-order valence-electron chi connectivity index (χ3n) is 5.53. The molecule has 0 saturated carbocycles. The van der Waals surface area contributed by atoms with Gasteiger partial charge in [0.1, 0.15) is 4.90 Å². The minimum atomic E-state index is -3.85. The number of rotatable bonds is 3. The third kappa shape index (κ3) is 3.40. The zero-order valence-corrected chi connectivity index (χ0v) is 17.3. The van der Waals surface area contributed by atoms with E-state index in [4.69, 9.17) is 11.6 Å². The molecule has 148 valence electrons. The summed E-state index contributed by atoms with van der Waals surface area (Å²) in [7, 11) is -3.85. The Morgan fingerprint density at radius 1 is 1.14 bits per heavy atom. The highest BCUT2D eigenvalue weighted by atomic mass is 35.5. The number of piperidine rings is 1. The smallest absolute Gasteiger partial charge is 0.265 e. The number of amides is 1. The van der Waals surface area contributed by atoms with Crippen LogP contribution in [0.15, 0.2) is 47.4 Å². The van der Waals surface area contributed by atoms with E-state index in [2.05, 4.69) is 6.92 Å². The van der Waals surface area contributed by atoms with Crippen molar-refractivity contribution in [3.63, 3.8) is 0 Å². The maximum Gasteiger partial charge on any atom is 0.265 e. The normalized spacial score (nSPS) is 19.6. The molecule has 2 aliphatic rings. The first-order chi connectivity index (χ1) is 13.4. The second-order valence-corrected chi connectivity index (χ2v) is 9.84. The summed E-state index contributed by atoms with van der Waals surface area (Å²) in [4.78, 5) is 14.7. The number of para-hydroxylation sites is 1. The van der Waals surface area contributed by atoms with Crippen molar-refractivity contribution in [2.45, 2.75) is 31.1 Å². The lowest BCUT2D eigenvalue weighted by molar-refractivity contribution is 0.0683. The number of benzene rings is 2. The van der Waals surface area contributed by atoms with Crippen molar-refractivity contribution in [1.29, 1.82) is 0 Å². The number of likely N-dealkylation sites (tertiary alicyclic amines) is 1. The van der Waals surface area contributed by atoms with Gasteiger partial charge >= 0.3 is 0 Å². The number of carbonyl (C=O) groups is 1. The molecule has 0 aromatic heterocycles. The zero-order chi connectivity index (χ0) is 19.9. The number of halogens is 1. The number of nitrogens with zero attached hydrogens (tertiary/aromatic N) is 2. The number of anilines is 1. The van der Waals surface area contributed by atoms with E-state index < -0.39 is 10.0 Å². The van der Waals surface area contributed by atoms with Crippen molar-refractivity contribution in [2.24, 2.45) is 5.92 Å². The molecule has 7 heteroatoms. The van der Waals surface area contributed by atoms with Crippen LogP contribution in [-0.2, 0) is 16.4 Å². The van der Waals surface area contributed by atoms with Crippen LogP contribution in [0.1, 0.15) is 35.7 Å². The first-order valence-corrected chi connectivity index (χ1v) is 11.4. The fraction of sp³-hybridized carbons (Fsp3) is 0.381. The summed E-state index contributed by atoms with van der Waals surface area (Å²) in [5.74, 6) is 0.316. The molecule has 0 spiro atoms. The second kappa shape index (κ2) is 7.41. The van der Waals surface area contributed by atoms with Gasteiger partial charge in [-0.3, -0.25) is 9.10 Å². The molecule has 1 saturated heterocycles. The lowest BCUT2D eigenvalue weighted by Gasteiger charge is -2.31. The highest BCUT2D eigenvalue weighted by molar-refractivity contribution is 7.93. The van der Waals surface area contributed by atoms with Crippen LogP contribution in [-0.4, -0.2) is 38.9 Å². The molecule has 0 aliphatic carbocycles. The molecule has 0 bridgehead atoms. The van der Waals surface area contributed by atoms with Gasteiger partial charge in [0.15, 0.2) is 0 Å². The predicted octanol–water partition coefficient (Wildman–Crippen LogP) is 3.96. The van der Waals surface area contributed by atoms with Gasteiger partial charge in [-0.05, 0) is 55.0 Å². The largest absolute Gasteiger partial charge is 0.338 e. The Bertz CT molecular complexity index is 1020. The molecule has 1 amide bonds. The van der Waals surface area contributed by atoms with E-state index in [0.717, 1.165) is 18.4 Å². The number of carbonyl (C=O) groups excluding carboxylic acids is 1. The van der Waals surface area contributed by atoms with E-state index in [-0.39, 0.29) is 15.8 Å². The Morgan fingerprint density at radius 3 is 2.71 bits per heavy atom. The minimum absolute atomic E-state index is 0.0122. The van der Waals surface area contributed by atoms with Crippen molar-refractivity contribution in [1.82, 2.24) is 4.90 Å². The Labute approximate surface area is 171 Å². The Kier molecular flexibility index (Phi) is 5.10. The van der Waals surface area contributed by atoms with Gasteiger partial charge in [-0.15, -0.1) is 0 Å². The first-order valence-electron chi connectivity index (χ1n) is 9.57. The van der Waals surface area contributed by atoms with Gasteiger partial charge in [0.05, 0.1) is 10.7 Å². The predicted molar refractivity (Wildman–Crippen MR) is 110 cm³/mol. The van der Waals surface area contributed by atoms with Crippen molar-refractivity contribution in [3.05, 3.63) is 58.6 Å². The van der Waals surface area contributed by atoms with Gasteiger partial charge < -0.3 is 4.90 Å². The highest BCUT2D eigenvalue weighted by Crippen LogP contribution is 2.35. The molecule has 4 rings (SSSR count). The SMILES string of the molecule is C[C@H]1CCCN(C(=O)c2ccc(Cl)c(S(=O)(=O)N3CCc4ccccc43)c2)C1. The average molecular weight is 419 g/mol. The van der Waals surface area contributed by atoms with Gasteiger partial charge in [-0.25, -0.2) is 8.42 Å². The molecule has 0 N–H and O–H groups in total. The first kappa shape index (κ1) is 19.3. The number of hydrogen-bond donors (Lipinski definition) is 0. The van der Waals surface area contributed by atoms with Crippen LogP contribution in [0, 0.1) is 5.92 Å². The van der Waals surface area contributed by atoms with Crippen molar-refractivity contribution >= 4 is 33.2 Å². The van der Waals surface area contributed by atoms with E-state index in [0.29, 0.717) is 43.2 Å². The summed E-state index contributed by atoms with van der Waals surface area (Å²) in [6, 6.07) is 12.0. The van der Waals surface area contributed by atoms with Crippen LogP contribution in [0.2, 0.25) is 5.02 Å². The van der Waals surface area contributed by atoms with Crippen LogP contribution >= 0.6 is 11.6 Å². The molecule has 2 aromatic carbocycles. The van der Waals surface area contributed by atoms with Crippen LogP contribution < -0.4 is 4.31 Å². The molecule has 0 unspecified atom stereocenters. The van der Waals surface area contributed by atoms with Gasteiger partial charge in [-0.2, -0.15) is 0 Å². The summed E-state index contributed by atoms with van der Waals surface area (Å²) >= 11 is 6.27. The van der Waals surface area contributed by atoms with Gasteiger partial charge in [-0.1, -0.05) is 36.7 Å². The summed E-state index contributed by atoms with van der Waals surface area (Å²) < 4.78 is 28.1. The molecule has 2 aromatic rings. The third-order valence-corrected chi connectivity index (χ3v) is 7.83. The van der Waals surface area contributed by atoms with E-state index in [1.165, 1.54) is 16.4 Å². The topological polar surface area (TPSA) is 57.7 Å². The fourth-order valence-corrected chi connectivity index (χ4v) is 6.07. The van der Waals surface area contributed by atoms with E-state index >= 15 is 0 Å². The fourth-order valence-electron chi connectivity index (χ4n) is 4.07. The average Bonchev–Trinajstić information content (AvgIpc) is 3.12. The molecule has 2 aliphatic heterocycles. The van der Waals surface area contributed by atoms with Gasteiger partial charge in [0.2, 0.25) is 0 Å². The van der Waals surface area contributed by atoms with Crippen LogP contribution in [0.5, 0.6) is 0 Å². The molecule has 1 atom stereocenters. The van der Waals surface area contributed by atoms with Crippen molar-refractivity contribution in [2.75, 3.05) is 23.9 Å². The summed E-state index contributed by atoms with van der Waals surface area (Å²) in [6.07, 6.45) is 2.74. The van der Waals surface area contributed by atoms with Crippen LogP contribution in [0.25, 0.3) is 0 Å². The molecular formula is C21H23ClN2O3S. The monoisotopic (exact) mass is 418 g/mol. The van der Waals surface area contributed by atoms with Crippen LogP contribution in [0.3, 0.4) is 0 Å². The lowest BCUT2D eigenvalue weighted by Crippen LogP contribution is -2.39.